The summed E-state index contributed by atoms with van der Waals surface area (Å²) in [5.74, 6) is 0.559. The van der Waals surface area contributed by atoms with Crippen LogP contribution in [0.5, 0.6) is 0 Å². The minimum absolute atomic E-state index is 0.259. The van der Waals surface area contributed by atoms with Gasteiger partial charge in [-0.25, -0.2) is 0 Å². The predicted molar refractivity (Wildman–Crippen MR) is 183 cm³/mol. The standard InChI is InChI=1S/C42H38S/c1-3-12-32-14-5-7-16-36(32)41(35-15-6-4-13-29(35)2)33-25-21-30(22-26-33)31-23-27-34(28-24-31)42-37-17-8-10-19-39(37)43-40-20-11-9-18-38(40)42/h4-6,8-11,13-15,17-28,41-42H,3,7,12,16H2,1-2H3. The van der Waals surface area contributed by atoms with E-state index in [1.165, 1.54) is 66.3 Å². The van der Waals surface area contributed by atoms with Gasteiger partial charge in [-0.2, -0.15) is 0 Å². The zero-order valence-corrected chi connectivity index (χ0v) is 25.9. The SMILES string of the molecule is CCCC1=C(C(c2ccc(-c3ccc(C4c5ccccc5Sc5ccccc54)cc3)cc2)c2ccccc2C)CCC=C1. The lowest BCUT2D eigenvalue weighted by molar-refractivity contribution is 0.780. The van der Waals surface area contributed by atoms with Crippen LogP contribution in [0, 0.1) is 6.92 Å². The van der Waals surface area contributed by atoms with Crippen molar-refractivity contribution in [2.24, 2.45) is 0 Å². The van der Waals surface area contributed by atoms with Gasteiger partial charge in [-0.3, -0.25) is 0 Å². The smallest absolute Gasteiger partial charge is 0.0362 e. The lowest BCUT2D eigenvalue weighted by Crippen LogP contribution is -2.11. The van der Waals surface area contributed by atoms with Crippen LogP contribution in [0.15, 0.2) is 154 Å². The maximum absolute atomic E-state index is 2.39. The second-order valence-corrected chi connectivity index (χ2v) is 13.0. The van der Waals surface area contributed by atoms with Crippen molar-refractivity contribution in [1.29, 1.82) is 0 Å². The van der Waals surface area contributed by atoms with Crippen molar-refractivity contribution in [3.05, 3.63) is 178 Å². The van der Waals surface area contributed by atoms with Gasteiger partial charge in [-0.1, -0.05) is 152 Å². The van der Waals surface area contributed by atoms with Crippen LogP contribution >= 0.6 is 11.8 Å². The molecule has 0 bridgehead atoms. The number of allylic oxidation sites excluding steroid dienone is 4. The zero-order chi connectivity index (χ0) is 29.2. The Morgan fingerprint density at radius 3 is 1.95 bits per heavy atom. The van der Waals surface area contributed by atoms with Crippen LogP contribution in [-0.2, 0) is 0 Å². The molecule has 1 heterocycles. The number of aryl methyl sites for hydroxylation is 1. The fourth-order valence-corrected chi connectivity index (χ4v) is 8.20. The Morgan fingerprint density at radius 2 is 1.30 bits per heavy atom. The zero-order valence-electron chi connectivity index (χ0n) is 25.1. The Bertz CT molecular complexity index is 1760. The molecule has 0 amide bonds. The maximum Gasteiger partial charge on any atom is 0.0362 e. The Kier molecular flexibility index (Phi) is 7.92. The highest BCUT2D eigenvalue weighted by Crippen LogP contribution is 2.48. The van der Waals surface area contributed by atoms with Crippen LogP contribution in [0.4, 0.5) is 0 Å². The van der Waals surface area contributed by atoms with Crippen LogP contribution in [0.2, 0.25) is 0 Å². The number of hydrogen-bond donors (Lipinski definition) is 0. The van der Waals surface area contributed by atoms with Crippen LogP contribution in [-0.4, -0.2) is 0 Å². The summed E-state index contributed by atoms with van der Waals surface area (Å²) in [6.45, 7) is 4.55. The van der Waals surface area contributed by atoms with E-state index in [2.05, 4.69) is 147 Å². The fraction of sp³-hybridized carbons (Fsp3) is 0.190. The Balaban J connectivity index is 1.23. The van der Waals surface area contributed by atoms with Crippen molar-refractivity contribution >= 4 is 11.8 Å². The number of rotatable bonds is 7. The highest BCUT2D eigenvalue weighted by atomic mass is 32.2. The van der Waals surface area contributed by atoms with Crippen LogP contribution < -0.4 is 0 Å². The van der Waals surface area contributed by atoms with E-state index < -0.39 is 0 Å². The maximum atomic E-state index is 2.39. The van der Waals surface area contributed by atoms with Gasteiger partial charge in [-0.15, -0.1) is 0 Å². The average Bonchev–Trinajstić information content (AvgIpc) is 3.06. The number of hydrogen-bond acceptors (Lipinski definition) is 1. The monoisotopic (exact) mass is 574 g/mol. The molecule has 0 radical (unpaired) electrons. The van der Waals surface area contributed by atoms with E-state index in [0.717, 1.165) is 19.3 Å². The molecule has 0 spiro atoms. The Hall–Kier alpha value is -4.07. The van der Waals surface area contributed by atoms with Crippen molar-refractivity contribution < 1.29 is 0 Å². The molecule has 0 saturated heterocycles. The fourth-order valence-electron chi connectivity index (χ4n) is 7.06. The van der Waals surface area contributed by atoms with Crippen LogP contribution in [0.25, 0.3) is 11.1 Å². The molecular formula is C42H38S. The first kappa shape index (κ1) is 27.7. The molecule has 0 nitrogen and oxygen atoms in total. The van der Waals surface area contributed by atoms with Gasteiger partial charge < -0.3 is 0 Å². The van der Waals surface area contributed by atoms with Gasteiger partial charge >= 0.3 is 0 Å². The molecule has 43 heavy (non-hydrogen) atoms. The van der Waals surface area contributed by atoms with Crippen molar-refractivity contribution in [2.45, 2.75) is 61.2 Å². The first-order valence-electron chi connectivity index (χ1n) is 15.7. The summed E-state index contributed by atoms with van der Waals surface area (Å²) in [6.07, 6.45) is 9.34. The minimum Gasteiger partial charge on any atom is -0.0895 e. The van der Waals surface area contributed by atoms with Crippen LogP contribution in [0.3, 0.4) is 0 Å². The molecule has 2 aliphatic rings. The normalized spacial score (nSPS) is 15.2. The Labute approximate surface area is 261 Å². The molecule has 1 aliphatic carbocycles. The van der Waals surface area contributed by atoms with Crippen molar-refractivity contribution in [2.75, 3.05) is 0 Å². The summed E-state index contributed by atoms with van der Waals surface area (Å²) in [5, 5.41) is 0. The summed E-state index contributed by atoms with van der Waals surface area (Å²) in [7, 11) is 0. The molecule has 1 atom stereocenters. The van der Waals surface area contributed by atoms with E-state index in [1.807, 2.05) is 11.8 Å². The highest BCUT2D eigenvalue weighted by Gasteiger charge is 2.27. The van der Waals surface area contributed by atoms with E-state index in [9.17, 15) is 0 Å². The molecule has 0 saturated carbocycles. The summed E-state index contributed by atoms with van der Waals surface area (Å²) < 4.78 is 0. The molecule has 1 aliphatic heterocycles. The van der Waals surface area contributed by atoms with Gasteiger partial charge in [0.25, 0.3) is 0 Å². The van der Waals surface area contributed by atoms with E-state index in [4.69, 9.17) is 0 Å². The number of fused-ring (bicyclic) bond motifs is 2. The van der Waals surface area contributed by atoms with Gasteiger partial charge in [-0.05, 0) is 88.4 Å². The van der Waals surface area contributed by atoms with E-state index in [1.54, 1.807) is 5.57 Å². The van der Waals surface area contributed by atoms with E-state index in [-0.39, 0.29) is 5.92 Å². The molecule has 212 valence electrons. The lowest BCUT2D eigenvalue weighted by Gasteiger charge is -2.28. The third kappa shape index (κ3) is 5.43. The van der Waals surface area contributed by atoms with Gasteiger partial charge in [0.05, 0.1) is 0 Å². The predicted octanol–water partition coefficient (Wildman–Crippen LogP) is 11.9. The topological polar surface area (TPSA) is 0 Å². The van der Waals surface area contributed by atoms with E-state index >= 15 is 0 Å². The third-order valence-electron chi connectivity index (χ3n) is 9.18. The molecule has 7 rings (SSSR count). The number of benzene rings is 5. The first-order chi connectivity index (χ1) is 21.2. The van der Waals surface area contributed by atoms with Crippen molar-refractivity contribution in [3.63, 3.8) is 0 Å². The minimum atomic E-state index is 0.259. The molecule has 1 unspecified atom stereocenters. The second-order valence-electron chi connectivity index (χ2n) is 11.9. The molecule has 1 heteroatoms. The largest absolute Gasteiger partial charge is 0.0895 e. The summed E-state index contributed by atoms with van der Waals surface area (Å²) in [6, 6.07) is 45.4. The molecule has 0 aromatic heterocycles. The summed E-state index contributed by atoms with van der Waals surface area (Å²) in [5.41, 5.74) is 14.0. The van der Waals surface area contributed by atoms with E-state index in [0.29, 0.717) is 5.92 Å². The molecule has 0 N–H and O–H groups in total. The van der Waals surface area contributed by atoms with Crippen molar-refractivity contribution in [1.82, 2.24) is 0 Å². The Morgan fingerprint density at radius 1 is 0.698 bits per heavy atom. The molecule has 5 aromatic carbocycles. The van der Waals surface area contributed by atoms with Crippen molar-refractivity contribution in [3.8, 4) is 11.1 Å². The summed E-state index contributed by atoms with van der Waals surface area (Å²) in [4.78, 5) is 2.72. The van der Waals surface area contributed by atoms with Crippen LogP contribution in [0.1, 0.15) is 77.8 Å². The van der Waals surface area contributed by atoms with Gasteiger partial charge in [0.2, 0.25) is 0 Å². The lowest BCUT2D eigenvalue weighted by atomic mass is 9.76. The van der Waals surface area contributed by atoms with Gasteiger partial charge in [0, 0.05) is 21.6 Å². The van der Waals surface area contributed by atoms with Gasteiger partial charge in [0.15, 0.2) is 0 Å². The highest BCUT2D eigenvalue weighted by molar-refractivity contribution is 7.99. The summed E-state index contributed by atoms with van der Waals surface area (Å²) >= 11 is 1.89. The quantitative estimate of drug-likeness (QED) is 0.183. The third-order valence-corrected chi connectivity index (χ3v) is 10.4. The molecular weight excluding hydrogens is 537 g/mol. The molecule has 0 fully saturated rings. The molecule has 5 aromatic rings. The average molecular weight is 575 g/mol. The first-order valence-corrected chi connectivity index (χ1v) is 16.5. The second kappa shape index (κ2) is 12.3. The van der Waals surface area contributed by atoms with Gasteiger partial charge in [0.1, 0.15) is 0 Å².